The van der Waals surface area contributed by atoms with Gasteiger partial charge in [0.15, 0.2) is 5.65 Å². The Kier molecular flexibility index (Phi) is 3.71. The number of piperidine rings is 1. The zero-order valence-corrected chi connectivity index (χ0v) is 14.5. The fourth-order valence-electron chi connectivity index (χ4n) is 3.59. The maximum absolute atomic E-state index is 4.63. The molecule has 1 atom stereocenters. The van der Waals surface area contributed by atoms with Gasteiger partial charge >= 0.3 is 0 Å². The molecule has 0 amide bonds. The van der Waals surface area contributed by atoms with E-state index in [0.717, 1.165) is 35.6 Å². The van der Waals surface area contributed by atoms with Gasteiger partial charge in [0.05, 0.1) is 17.3 Å². The van der Waals surface area contributed by atoms with Gasteiger partial charge in [-0.15, -0.1) is 0 Å². The molecule has 4 rings (SSSR count). The first-order chi connectivity index (χ1) is 11.6. The van der Waals surface area contributed by atoms with Gasteiger partial charge in [-0.2, -0.15) is 5.10 Å². The molecule has 0 aliphatic carbocycles. The highest BCUT2D eigenvalue weighted by molar-refractivity contribution is 5.87. The molecule has 1 aliphatic rings. The molecule has 0 bridgehead atoms. The number of nitrogens with zero attached hydrogens (tertiary/aromatic N) is 5. The summed E-state index contributed by atoms with van der Waals surface area (Å²) in [6, 6.07) is 6.42. The lowest BCUT2D eigenvalue weighted by Crippen LogP contribution is -2.34. The van der Waals surface area contributed by atoms with Crippen LogP contribution in [-0.2, 0) is 0 Å². The average Bonchev–Trinajstić information content (AvgIpc) is 3.01. The van der Waals surface area contributed by atoms with Crippen molar-refractivity contribution in [1.82, 2.24) is 19.7 Å². The first-order valence-electron chi connectivity index (χ1n) is 8.65. The Morgan fingerprint density at radius 3 is 2.88 bits per heavy atom. The first-order valence-corrected chi connectivity index (χ1v) is 8.65. The minimum atomic E-state index is 0.706. The zero-order valence-electron chi connectivity index (χ0n) is 14.5. The third-order valence-electron chi connectivity index (χ3n) is 4.89. The normalized spacial score (nSPS) is 18.3. The van der Waals surface area contributed by atoms with Gasteiger partial charge in [0.25, 0.3) is 0 Å². The lowest BCUT2D eigenvalue weighted by atomic mass is 10.0. The van der Waals surface area contributed by atoms with Crippen molar-refractivity contribution in [3.05, 3.63) is 41.9 Å². The van der Waals surface area contributed by atoms with Crippen molar-refractivity contribution in [1.29, 1.82) is 0 Å². The van der Waals surface area contributed by atoms with E-state index in [0.29, 0.717) is 5.92 Å². The monoisotopic (exact) mass is 321 g/mol. The molecule has 3 aromatic rings. The van der Waals surface area contributed by atoms with Crippen LogP contribution in [0, 0.1) is 19.8 Å². The third kappa shape index (κ3) is 2.54. The molecule has 5 nitrogen and oxygen atoms in total. The van der Waals surface area contributed by atoms with Crippen LogP contribution in [0.1, 0.15) is 30.9 Å². The molecule has 1 unspecified atom stereocenters. The summed E-state index contributed by atoms with van der Waals surface area (Å²) in [5.41, 5.74) is 4.38. The maximum Gasteiger partial charge on any atom is 0.168 e. The fourth-order valence-corrected chi connectivity index (χ4v) is 3.59. The molecule has 5 heteroatoms. The number of anilines is 1. The second-order valence-corrected chi connectivity index (χ2v) is 6.97. The molecule has 2 aromatic heterocycles. The number of rotatable bonds is 2. The van der Waals surface area contributed by atoms with Crippen LogP contribution in [0.2, 0.25) is 0 Å². The molecular formula is C19H23N5. The minimum absolute atomic E-state index is 0.706. The van der Waals surface area contributed by atoms with E-state index in [4.69, 9.17) is 0 Å². The van der Waals surface area contributed by atoms with E-state index in [2.05, 4.69) is 58.9 Å². The van der Waals surface area contributed by atoms with Crippen molar-refractivity contribution in [2.75, 3.05) is 18.0 Å². The number of hydrogen-bond donors (Lipinski definition) is 0. The summed E-state index contributed by atoms with van der Waals surface area (Å²) in [6.07, 6.45) is 6.09. The number of fused-ring (bicyclic) bond motifs is 1. The van der Waals surface area contributed by atoms with Crippen molar-refractivity contribution >= 4 is 16.9 Å². The van der Waals surface area contributed by atoms with Gasteiger partial charge in [-0.3, -0.25) is 0 Å². The minimum Gasteiger partial charge on any atom is -0.356 e. The van der Waals surface area contributed by atoms with E-state index >= 15 is 0 Å². The maximum atomic E-state index is 4.63. The van der Waals surface area contributed by atoms with Gasteiger partial charge in [0.2, 0.25) is 0 Å². The molecule has 1 saturated heterocycles. The van der Waals surface area contributed by atoms with Crippen LogP contribution in [0.3, 0.4) is 0 Å². The Morgan fingerprint density at radius 1 is 1.17 bits per heavy atom. The molecule has 0 spiro atoms. The zero-order chi connectivity index (χ0) is 16.7. The molecule has 24 heavy (non-hydrogen) atoms. The summed E-state index contributed by atoms with van der Waals surface area (Å²) in [6.45, 7) is 8.64. The largest absolute Gasteiger partial charge is 0.356 e. The fraction of sp³-hybridized carbons (Fsp3) is 0.421. The molecule has 124 valence electrons. The van der Waals surface area contributed by atoms with E-state index in [1.807, 2.05) is 10.9 Å². The van der Waals surface area contributed by atoms with Crippen LogP contribution < -0.4 is 4.90 Å². The van der Waals surface area contributed by atoms with Gasteiger partial charge in [-0.1, -0.05) is 19.1 Å². The third-order valence-corrected chi connectivity index (χ3v) is 4.89. The topological polar surface area (TPSA) is 46.8 Å². The summed E-state index contributed by atoms with van der Waals surface area (Å²) in [7, 11) is 0. The molecule has 1 aliphatic heterocycles. The summed E-state index contributed by atoms with van der Waals surface area (Å²) in [4.78, 5) is 11.5. The molecule has 0 radical (unpaired) electrons. The Hall–Kier alpha value is -2.43. The van der Waals surface area contributed by atoms with Crippen molar-refractivity contribution in [2.24, 2.45) is 5.92 Å². The molecule has 1 aromatic carbocycles. The van der Waals surface area contributed by atoms with Crippen LogP contribution in [-0.4, -0.2) is 32.8 Å². The highest BCUT2D eigenvalue weighted by Crippen LogP contribution is 2.29. The molecule has 0 N–H and O–H groups in total. The summed E-state index contributed by atoms with van der Waals surface area (Å²) in [5, 5.41) is 5.66. The van der Waals surface area contributed by atoms with Crippen LogP contribution in [0.5, 0.6) is 0 Å². The number of hydrogen-bond acceptors (Lipinski definition) is 4. The van der Waals surface area contributed by atoms with E-state index in [-0.39, 0.29) is 0 Å². The van der Waals surface area contributed by atoms with Gasteiger partial charge in [0.1, 0.15) is 12.1 Å². The number of benzene rings is 1. The standard InChI is InChI=1S/C19H23N5/c1-13-6-7-15(3)17(9-13)24-19-16(10-22-24)18(20-12-21-19)23-8-4-5-14(2)11-23/h6-7,9-10,12,14H,4-5,8,11H2,1-3H3. The van der Waals surface area contributed by atoms with E-state index in [9.17, 15) is 0 Å². The Bertz CT molecular complexity index is 883. The second-order valence-electron chi connectivity index (χ2n) is 6.97. The van der Waals surface area contributed by atoms with Crippen LogP contribution in [0.15, 0.2) is 30.7 Å². The van der Waals surface area contributed by atoms with Crippen molar-refractivity contribution < 1.29 is 0 Å². The predicted molar refractivity (Wildman–Crippen MR) is 96.7 cm³/mol. The smallest absolute Gasteiger partial charge is 0.168 e. The lowest BCUT2D eigenvalue weighted by molar-refractivity contribution is 0.445. The number of aromatic nitrogens is 4. The average molecular weight is 321 g/mol. The first kappa shape index (κ1) is 15.1. The van der Waals surface area contributed by atoms with E-state index in [1.165, 1.54) is 24.0 Å². The highest BCUT2D eigenvalue weighted by Gasteiger charge is 2.21. The summed E-state index contributed by atoms with van der Waals surface area (Å²) < 4.78 is 1.94. The predicted octanol–water partition coefficient (Wildman–Crippen LogP) is 3.67. The van der Waals surface area contributed by atoms with Gasteiger partial charge in [-0.05, 0) is 49.8 Å². The summed E-state index contributed by atoms with van der Waals surface area (Å²) >= 11 is 0. The quantitative estimate of drug-likeness (QED) is 0.722. The lowest BCUT2D eigenvalue weighted by Gasteiger charge is -2.31. The van der Waals surface area contributed by atoms with Gasteiger partial charge in [0, 0.05) is 13.1 Å². The summed E-state index contributed by atoms with van der Waals surface area (Å²) in [5.74, 6) is 1.72. The Labute approximate surface area is 142 Å². The van der Waals surface area contributed by atoms with Gasteiger partial charge in [-0.25, -0.2) is 14.6 Å². The molecule has 0 saturated carbocycles. The second kappa shape index (κ2) is 5.89. The van der Waals surface area contributed by atoms with Crippen LogP contribution in [0.4, 0.5) is 5.82 Å². The SMILES string of the molecule is Cc1ccc(C)c(-n2ncc3c(N4CCCC(C)C4)ncnc32)c1. The molecule has 3 heterocycles. The van der Waals surface area contributed by atoms with Crippen molar-refractivity contribution in [3.63, 3.8) is 0 Å². The van der Waals surface area contributed by atoms with E-state index < -0.39 is 0 Å². The molecule has 1 fully saturated rings. The van der Waals surface area contributed by atoms with Crippen molar-refractivity contribution in [2.45, 2.75) is 33.6 Å². The molecular weight excluding hydrogens is 298 g/mol. The Balaban J connectivity index is 1.83. The highest BCUT2D eigenvalue weighted by atomic mass is 15.3. The van der Waals surface area contributed by atoms with Crippen molar-refractivity contribution in [3.8, 4) is 5.69 Å². The van der Waals surface area contributed by atoms with Crippen LogP contribution in [0.25, 0.3) is 16.7 Å². The van der Waals surface area contributed by atoms with Crippen LogP contribution >= 0.6 is 0 Å². The van der Waals surface area contributed by atoms with Gasteiger partial charge < -0.3 is 4.90 Å². The van der Waals surface area contributed by atoms with E-state index in [1.54, 1.807) is 6.33 Å². The Morgan fingerprint density at radius 2 is 2.04 bits per heavy atom. The number of aryl methyl sites for hydroxylation is 2.